The van der Waals surface area contributed by atoms with Crippen molar-refractivity contribution in [1.82, 2.24) is 19.9 Å². The number of H-pyrrole nitrogens is 1. The summed E-state index contributed by atoms with van der Waals surface area (Å²) < 4.78 is 0. The zero-order valence-corrected chi connectivity index (χ0v) is 12.8. The van der Waals surface area contributed by atoms with Crippen LogP contribution in [-0.4, -0.2) is 32.3 Å². The van der Waals surface area contributed by atoms with Gasteiger partial charge in [0.2, 0.25) is 5.95 Å². The smallest absolute Gasteiger partial charge is 0.272 e. The minimum atomic E-state index is -0.228. The molecule has 0 aliphatic carbocycles. The van der Waals surface area contributed by atoms with Crippen molar-refractivity contribution in [2.24, 2.45) is 0 Å². The van der Waals surface area contributed by atoms with Gasteiger partial charge in [-0.1, -0.05) is 24.3 Å². The molecular weight excluding hydrogens is 306 g/mol. The molecular formula is C17H15N5O2. The van der Waals surface area contributed by atoms with Gasteiger partial charge in [0.1, 0.15) is 5.69 Å². The first-order chi connectivity index (χ1) is 11.6. The minimum absolute atomic E-state index is 0.0666. The quantitative estimate of drug-likeness (QED) is 0.698. The number of anilines is 1. The molecule has 0 unspecified atom stereocenters. The molecule has 120 valence electrons. The summed E-state index contributed by atoms with van der Waals surface area (Å²) in [5, 5.41) is 0.985. The molecule has 4 rings (SSSR count). The average molecular weight is 321 g/mol. The van der Waals surface area contributed by atoms with Crippen molar-refractivity contribution in [2.45, 2.75) is 13.0 Å². The number of hydrogen-bond donors (Lipinski definition) is 2. The zero-order valence-electron chi connectivity index (χ0n) is 12.8. The van der Waals surface area contributed by atoms with Crippen LogP contribution in [0.15, 0.2) is 41.2 Å². The Morgan fingerprint density at radius 2 is 2.00 bits per heavy atom. The first kappa shape index (κ1) is 14.4. The van der Waals surface area contributed by atoms with Crippen molar-refractivity contribution in [3.8, 4) is 0 Å². The molecule has 0 atom stereocenters. The van der Waals surface area contributed by atoms with Gasteiger partial charge >= 0.3 is 0 Å². The van der Waals surface area contributed by atoms with Crippen LogP contribution in [0.3, 0.4) is 0 Å². The number of pyridine rings is 1. The van der Waals surface area contributed by atoms with E-state index in [9.17, 15) is 9.59 Å². The number of aromatic nitrogens is 3. The fourth-order valence-corrected chi connectivity index (χ4v) is 2.98. The van der Waals surface area contributed by atoms with E-state index in [0.717, 1.165) is 10.9 Å². The van der Waals surface area contributed by atoms with Crippen LogP contribution in [0.1, 0.15) is 21.7 Å². The summed E-state index contributed by atoms with van der Waals surface area (Å²) in [5.74, 6) is -0.107. The number of aromatic amines is 1. The minimum Gasteiger partial charge on any atom is -0.369 e. The van der Waals surface area contributed by atoms with Crippen LogP contribution in [0, 0.1) is 0 Å². The van der Waals surface area contributed by atoms with E-state index in [1.807, 2.05) is 30.3 Å². The van der Waals surface area contributed by atoms with Gasteiger partial charge in [-0.25, -0.2) is 9.97 Å². The molecule has 1 amide bonds. The second kappa shape index (κ2) is 5.45. The molecule has 7 nitrogen and oxygen atoms in total. The van der Waals surface area contributed by atoms with E-state index in [-0.39, 0.29) is 24.0 Å². The molecule has 7 heteroatoms. The van der Waals surface area contributed by atoms with Crippen molar-refractivity contribution in [2.75, 3.05) is 12.3 Å². The summed E-state index contributed by atoms with van der Waals surface area (Å²) in [5.41, 5.74) is 7.68. The van der Waals surface area contributed by atoms with Crippen LogP contribution in [0.5, 0.6) is 0 Å². The summed E-state index contributed by atoms with van der Waals surface area (Å²) >= 11 is 0. The molecule has 0 saturated carbocycles. The molecule has 2 aromatic heterocycles. The topological polar surface area (TPSA) is 105 Å². The van der Waals surface area contributed by atoms with Gasteiger partial charge < -0.3 is 10.6 Å². The highest BCUT2D eigenvalue weighted by Crippen LogP contribution is 2.18. The predicted octanol–water partition coefficient (Wildman–Crippen LogP) is 1.10. The lowest BCUT2D eigenvalue weighted by Gasteiger charge is -2.27. The van der Waals surface area contributed by atoms with Crippen molar-refractivity contribution in [1.29, 1.82) is 0 Å². The molecule has 1 aliphatic heterocycles. The van der Waals surface area contributed by atoms with Crippen molar-refractivity contribution < 1.29 is 4.79 Å². The standard InChI is InChI=1S/C17H15N5O2/c18-17-20-14-9-22(8-7-11(14)15(23)21-17)16(24)13-6-5-10-3-1-2-4-12(10)19-13/h1-6H,7-9H2,(H3,18,20,21,23). The lowest BCUT2D eigenvalue weighted by Crippen LogP contribution is -2.39. The highest BCUT2D eigenvalue weighted by atomic mass is 16.2. The van der Waals surface area contributed by atoms with Crippen LogP contribution < -0.4 is 11.3 Å². The van der Waals surface area contributed by atoms with E-state index in [1.165, 1.54) is 0 Å². The number of benzene rings is 1. The van der Waals surface area contributed by atoms with Gasteiger partial charge in [-0.05, 0) is 18.6 Å². The Morgan fingerprint density at radius 1 is 1.17 bits per heavy atom. The number of nitrogens with zero attached hydrogens (tertiary/aromatic N) is 3. The van der Waals surface area contributed by atoms with Crippen LogP contribution in [-0.2, 0) is 13.0 Å². The predicted molar refractivity (Wildman–Crippen MR) is 89.5 cm³/mol. The van der Waals surface area contributed by atoms with Gasteiger partial charge in [-0.15, -0.1) is 0 Å². The lowest BCUT2D eigenvalue weighted by molar-refractivity contribution is 0.0726. The maximum absolute atomic E-state index is 12.7. The van der Waals surface area contributed by atoms with Crippen molar-refractivity contribution in [3.63, 3.8) is 0 Å². The molecule has 24 heavy (non-hydrogen) atoms. The summed E-state index contributed by atoms with van der Waals surface area (Å²) in [6.07, 6.45) is 0.456. The molecule has 0 spiro atoms. The Bertz CT molecular complexity index is 1010. The van der Waals surface area contributed by atoms with Crippen LogP contribution in [0.4, 0.5) is 5.95 Å². The third-order valence-electron chi connectivity index (χ3n) is 4.20. The largest absolute Gasteiger partial charge is 0.369 e. The molecule has 3 N–H and O–H groups in total. The van der Waals surface area contributed by atoms with E-state index >= 15 is 0 Å². The number of para-hydroxylation sites is 1. The SMILES string of the molecule is Nc1nc2c(c(=O)[nH]1)CCN(C(=O)c1ccc3ccccc3n1)C2. The Balaban J connectivity index is 1.66. The van der Waals surface area contributed by atoms with Crippen molar-refractivity contribution in [3.05, 3.63) is 63.7 Å². The number of carbonyl (C=O) groups excluding carboxylic acids is 1. The second-order valence-corrected chi connectivity index (χ2v) is 5.74. The maximum atomic E-state index is 12.7. The van der Waals surface area contributed by atoms with Gasteiger partial charge in [-0.3, -0.25) is 14.6 Å². The number of nitrogen functional groups attached to an aromatic ring is 1. The zero-order chi connectivity index (χ0) is 16.7. The number of nitrogens with two attached hydrogens (primary N) is 1. The Labute approximate surface area is 137 Å². The van der Waals surface area contributed by atoms with Gasteiger partial charge in [0.25, 0.3) is 11.5 Å². The van der Waals surface area contributed by atoms with E-state index in [2.05, 4.69) is 15.0 Å². The average Bonchev–Trinajstić information content (AvgIpc) is 2.60. The van der Waals surface area contributed by atoms with Crippen molar-refractivity contribution >= 4 is 22.8 Å². The number of hydrogen-bond acceptors (Lipinski definition) is 5. The van der Waals surface area contributed by atoms with E-state index < -0.39 is 0 Å². The van der Waals surface area contributed by atoms with Crippen LogP contribution in [0.25, 0.3) is 10.9 Å². The van der Waals surface area contributed by atoms with Crippen LogP contribution in [0.2, 0.25) is 0 Å². The molecule has 3 aromatic rings. The lowest BCUT2D eigenvalue weighted by atomic mass is 10.1. The van der Waals surface area contributed by atoms with Gasteiger partial charge in [0.15, 0.2) is 0 Å². The maximum Gasteiger partial charge on any atom is 0.272 e. The van der Waals surface area contributed by atoms with E-state index in [4.69, 9.17) is 5.73 Å². The van der Waals surface area contributed by atoms with Gasteiger partial charge in [0.05, 0.1) is 17.8 Å². The molecule has 0 saturated heterocycles. The van der Waals surface area contributed by atoms with Gasteiger partial charge in [-0.2, -0.15) is 0 Å². The fraction of sp³-hybridized carbons (Fsp3) is 0.176. The number of rotatable bonds is 1. The molecule has 0 fully saturated rings. The molecule has 1 aliphatic rings. The third-order valence-corrected chi connectivity index (χ3v) is 4.20. The summed E-state index contributed by atoms with van der Waals surface area (Å²) in [7, 11) is 0. The molecule has 0 radical (unpaired) electrons. The Kier molecular flexibility index (Phi) is 3.26. The fourth-order valence-electron chi connectivity index (χ4n) is 2.98. The highest BCUT2D eigenvalue weighted by molar-refractivity contribution is 5.95. The first-order valence-electron chi connectivity index (χ1n) is 7.64. The van der Waals surface area contributed by atoms with Gasteiger partial charge in [0, 0.05) is 17.5 Å². The first-order valence-corrected chi connectivity index (χ1v) is 7.64. The highest BCUT2D eigenvalue weighted by Gasteiger charge is 2.25. The number of fused-ring (bicyclic) bond motifs is 2. The monoisotopic (exact) mass is 321 g/mol. The molecule has 1 aromatic carbocycles. The molecule has 3 heterocycles. The molecule has 0 bridgehead atoms. The number of carbonyl (C=O) groups is 1. The summed E-state index contributed by atoms with van der Waals surface area (Å²) in [4.78, 5) is 37.4. The second-order valence-electron chi connectivity index (χ2n) is 5.74. The van der Waals surface area contributed by atoms with E-state index in [1.54, 1.807) is 11.0 Å². The number of amides is 1. The summed E-state index contributed by atoms with van der Waals surface area (Å²) in [6.45, 7) is 0.714. The Hall–Kier alpha value is -3.22. The Morgan fingerprint density at radius 3 is 2.88 bits per heavy atom. The van der Waals surface area contributed by atoms with E-state index in [0.29, 0.717) is 29.9 Å². The third kappa shape index (κ3) is 2.40. The summed E-state index contributed by atoms with van der Waals surface area (Å²) in [6, 6.07) is 11.3. The normalized spacial score (nSPS) is 13.8. The number of nitrogens with one attached hydrogen (secondary N) is 1. The van der Waals surface area contributed by atoms with Crippen LogP contribution >= 0.6 is 0 Å².